The van der Waals surface area contributed by atoms with Gasteiger partial charge in [0.15, 0.2) is 15.8 Å². The Labute approximate surface area is 245 Å². The van der Waals surface area contributed by atoms with Gasteiger partial charge in [-0.3, -0.25) is 14.5 Å². The summed E-state index contributed by atoms with van der Waals surface area (Å²) in [5.41, 5.74) is 3.28. The van der Waals surface area contributed by atoms with Crippen LogP contribution in [-0.4, -0.2) is 40.2 Å². The molecule has 1 atom stereocenters. The van der Waals surface area contributed by atoms with Crippen LogP contribution in [0.3, 0.4) is 0 Å². The average molecular weight is 586 g/mol. The molecule has 1 saturated heterocycles. The van der Waals surface area contributed by atoms with Crippen molar-refractivity contribution in [2.24, 2.45) is 0 Å². The minimum Gasteiger partial charge on any atom is -0.507 e. The van der Waals surface area contributed by atoms with E-state index in [0.717, 1.165) is 11.1 Å². The van der Waals surface area contributed by atoms with Gasteiger partial charge in [0.1, 0.15) is 19.0 Å². The third-order valence-corrected chi connectivity index (χ3v) is 9.11. The lowest BCUT2D eigenvalue weighted by Crippen LogP contribution is -2.29. The van der Waals surface area contributed by atoms with Crippen molar-refractivity contribution < 1.29 is 24.2 Å². The standard InChI is InChI=1S/C31H27N3O5S2/c1-18(2)20-8-10-21(11-9-20)26-25(27(35)22-12-13-23-24(16-22)39-15-14-38-23)28(36)29(37)34(26)30-32-33-31(41-30)40-17-19-6-4-3-5-7-19/h3-13,16,18,26,35H,14-15,17H2,1-2H3/b27-25+. The Hall–Kier alpha value is -4.15. The maximum atomic E-state index is 13.6. The zero-order valence-electron chi connectivity index (χ0n) is 22.4. The zero-order valence-corrected chi connectivity index (χ0v) is 24.1. The molecule has 0 radical (unpaired) electrons. The lowest BCUT2D eigenvalue weighted by Gasteiger charge is -2.23. The van der Waals surface area contributed by atoms with E-state index in [1.54, 1.807) is 18.2 Å². The molecular formula is C31H27N3O5S2. The van der Waals surface area contributed by atoms with E-state index in [-0.39, 0.29) is 11.3 Å². The molecule has 3 aromatic carbocycles. The second-order valence-corrected chi connectivity index (χ2v) is 12.2. The van der Waals surface area contributed by atoms with Crippen molar-refractivity contribution in [2.45, 2.75) is 35.9 Å². The summed E-state index contributed by atoms with van der Waals surface area (Å²) in [4.78, 5) is 28.5. The highest BCUT2D eigenvalue weighted by atomic mass is 32.2. The van der Waals surface area contributed by atoms with Crippen molar-refractivity contribution in [2.75, 3.05) is 18.1 Å². The van der Waals surface area contributed by atoms with Crippen molar-refractivity contribution in [1.82, 2.24) is 10.2 Å². The number of nitrogens with zero attached hydrogens (tertiary/aromatic N) is 3. The van der Waals surface area contributed by atoms with Crippen LogP contribution in [0.1, 0.15) is 48.1 Å². The number of thioether (sulfide) groups is 1. The molecule has 0 aliphatic carbocycles. The van der Waals surface area contributed by atoms with E-state index in [1.165, 1.54) is 28.0 Å². The molecule has 0 spiro atoms. The summed E-state index contributed by atoms with van der Waals surface area (Å²) in [5, 5.41) is 20.4. The van der Waals surface area contributed by atoms with Crippen LogP contribution < -0.4 is 14.4 Å². The molecular weight excluding hydrogens is 558 g/mol. The molecule has 6 rings (SSSR count). The molecule has 10 heteroatoms. The first kappa shape index (κ1) is 27.0. The van der Waals surface area contributed by atoms with E-state index in [9.17, 15) is 14.7 Å². The summed E-state index contributed by atoms with van der Waals surface area (Å²) in [6, 6.07) is 21.8. The number of fused-ring (bicyclic) bond motifs is 1. The highest BCUT2D eigenvalue weighted by Gasteiger charge is 2.48. The first-order valence-corrected chi connectivity index (χ1v) is 15.0. The molecule has 1 N–H and O–H groups in total. The van der Waals surface area contributed by atoms with E-state index in [0.29, 0.717) is 57.0 Å². The second kappa shape index (κ2) is 11.4. The molecule has 1 aromatic heterocycles. The van der Waals surface area contributed by atoms with Crippen LogP contribution in [0.4, 0.5) is 5.13 Å². The Morgan fingerprint density at radius 2 is 1.73 bits per heavy atom. The summed E-state index contributed by atoms with van der Waals surface area (Å²) in [6.45, 7) is 5.01. The molecule has 1 amide bonds. The maximum absolute atomic E-state index is 13.6. The summed E-state index contributed by atoms with van der Waals surface area (Å²) in [5.74, 6) is 0.185. The largest absolute Gasteiger partial charge is 0.507 e. The number of anilines is 1. The van der Waals surface area contributed by atoms with Crippen LogP contribution in [0.25, 0.3) is 5.76 Å². The molecule has 2 aliphatic rings. The van der Waals surface area contributed by atoms with Crippen molar-refractivity contribution in [1.29, 1.82) is 0 Å². The topological polar surface area (TPSA) is 102 Å². The SMILES string of the molecule is CC(C)c1ccc(C2/C(=C(\O)c3ccc4c(c3)OCCO4)C(=O)C(=O)N2c2nnc(SCc3ccccc3)s2)cc1. The van der Waals surface area contributed by atoms with Gasteiger partial charge >= 0.3 is 5.91 Å². The zero-order chi connectivity index (χ0) is 28.5. The van der Waals surface area contributed by atoms with Crippen LogP contribution in [0.15, 0.2) is 82.7 Å². The number of ketones is 1. The van der Waals surface area contributed by atoms with Crippen LogP contribution in [0.5, 0.6) is 11.5 Å². The summed E-state index contributed by atoms with van der Waals surface area (Å²) >= 11 is 2.75. The van der Waals surface area contributed by atoms with Crippen LogP contribution >= 0.6 is 23.1 Å². The van der Waals surface area contributed by atoms with Gasteiger partial charge in [0.2, 0.25) is 5.13 Å². The Kier molecular flexibility index (Phi) is 7.51. The fourth-order valence-corrected chi connectivity index (χ4v) is 6.66. The predicted molar refractivity (Wildman–Crippen MR) is 159 cm³/mol. The van der Waals surface area contributed by atoms with Gasteiger partial charge in [-0.25, -0.2) is 0 Å². The fraction of sp³-hybridized carbons (Fsp3) is 0.226. The number of Topliss-reactive ketones (excluding diaryl/α,β-unsaturated/α-hetero) is 1. The second-order valence-electron chi connectivity index (χ2n) is 9.97. The molecule has 0 saturated carbocycles. The molecule has 0 bridgehead atoms. The van der Waals surface area contributed by atoms with Crippen molar-refractivity contribution in [3.63, 3.8) is 0 Å². The maximum Gasteiger partial charge on any atom is 0.301 e. The number of ether oxygens (including phenoxy) is 2. The first-order valence-electron chi connectivity index (χ1n) is 13.2. The molecule has 4 aromatic rings. The van der Waals surface area contributed by atoms with Gasteiger partial charge in [0.05, 0.1) is 11.6 Å². The van der Waals surface area contributed by atoms with Crippen LogP contribution in [0, 0.1) is 0 Å². The Bertz CT molecular complexity index is 1630. The lowest BCUT2D eigenvalue weighted by molar-refractivity contribution is -0.132. The first-order chi connectivity index (χ1) is 19.9. The molecule has 8 nitrogen and oxygen atoms in total. The molecule has 208 valence electrons. The van der Waals surface area contributed by atoms with E-state index >= 15 is 0 Å². The fourth-order valence-electron chi connectivity index (χ4n) is 4.83. The number of rotatable bonds is 7. The molecule has 2 aliphatic heterocycles. The van der Waals surface area contributed by atoms with Crippen molar-refractivity contribution in [3.05, 3.63) is 101 Å². The number of aromatic nitrogens is 2. The number of carbonyl (C=O) groups excluding carboxylic acids is 2. The van der Waals surface area contributed by atoms with E-state index in [2.05, 4.69) is 24.0 Å². The number of hydrogen-bond donors (Lipinski definition) is 1. The quantitative estimate of drug-likeness (QED) is 0.0880. The number of carbonyl (C=O) groups is 2. The van der Waals surface area contributed by atoms with Crippen LogP contribution in [-0.2, 0) is 15.3 Å². The highest BCUT2D eigenvalue weighted by Crippen LogP contribution is 2.45. The Morgan fingerprint density at radius 1 is 1.00 bits per heavy atom. The molecule has 1 unspecified atom stereocenters. The number of aliphatic hydroxyl groups excluding tert-OH is 1. The van der Waals surface area contributed by atoms with E-state index in [1.807, 2.05) is 54.6 Å². The highest BCUT2D eigenvalue weighted by molar-refractivity contribution is 8.00. The van der Waals surface area contributed by atoms with E-state index < -0.39 is 17.7 Å². The Morgan fingerprint density at radius 3 is 2.46 bits per heavy atom. The monoisotopic (exact) mass is 585 g/mol. The predicted octanol–water partition coefficient (Wildman–Crippen LogP) is 6.35. The van der Waals surface area contributed by atoms with Crippen molar-refractivity contribution >= 4 is 45.7 Å². The average Bonchev–Trinajstić information content (AvgIpc) is 3.57. The number of hydrogen-bond acceptors (Lipinski definition) is 9. The minimum atomic E-state index is -0.885. The van der Waals surface area contributed by atoms with Gasteiger partial charge < -0.3 is 14.6 Å². The van der Waals surface area contributed by atoms with Gasteiger partial charge in [-0.1, -0.05) is 91.5 Å². The normalized spacial score (nSPS) is 17.8. The van der Waals surface area contributed by atoms with Gasteiger partial charge in [-0.2, -0.15) is 0 Å². The Balaban J connectivity index is 1.40. The number of aliphatic hydroxyl groups is 1. The molecule has 3 heterocycles. The summed E-state index contributed by atoms with van der Waals surface area (Å²) in [7, 11) is 0. The molecule has 1 fully saturated rings. The number of amides is 1. The lowest BCUT2D eigenvalue weighted by atomic mass is 9.93. The summed E-state index contributed by atoms with van der Waals surface area (Å²) < 4.78 is 12.0. The third-order valence-electron chi connectivity index (χ3n) is 6.99. The smallest absolute Gasteiger partial charge is 0.301 e. The van der Waals surface area contributed by atoms with Crippen LogP contribution in [0.2, 0.25) is 0 Å². The van der Waals surface area contributed by atoms with Gasteiger partial charge in [-0.05, 0) is 40.8 Å². The third kappa shape index (κ3) is 5.32. The van der Waals surface area contributed by atoms with Gasteiger partial charge in [0, 0.05) is 11.3 Å². The molecule has 41 heavy (non-hydrogen) atoms. The van der Waals surface area contributed by atoms with E-state index in [4.69, 9.17) is 9.47 Å². The summed E-state index contributed by atoms with van der Waals surface area (Å²) in [6.07, 6.45) is 0. The number of benzene rings is 3. The van der Waals surface area contributed by atoms with Gasteiger partial charge in [-0.15, -0.1) is 10.2 Å². The van der Waals surface area contributed by atoms with Gasteiger partial charge in [0.25, 0.3) is 5.78 Å². The minimum absolute atomic E-state index is 0.0161. The van der Waals surface area contributed by atoms with Crippen molar-refractivity contribution in [3.8, 4) is 11.5 Å².